The van der Waals surface area contributed by atoms with Crippen LogP contribution in [0, 0.1) is 11.3 Å². The number of likely N-dealkylation sites (tertiary alicyclic amines) is 1. The van der Waals surface area contributed by atoms with Crippen LogP contribution in [0.1, 0.15) is 32.1 Å². The minimum atomic E-state index is -0.931. The summed E-state index contributed by atoms with van der Waals surface area (Å²) in [4.78, 5) is 39.9. The van der Waals surface area contributed by atoms with Crippen molar-refractivity contribution >= 4 is 17.8 Å². The fraction of sp³-hybridized carbons (Fsp3) is 0.786. The molecule has 2 saturated heterocycles. The van der Waals surface area contributed by atoms with Crippen LogP contribution in [0.2, 0.25) is 0 Å². The molecule has 3 rings (SSSR count). The first-order valence-corrected chi connectivity index (χ1v) is 7.39. The van der Waals surface area contributed by atoms with E-state index in [1.165, 1.54) is 4.90 Å². The molecule has 0 atom stereocenters. The van der Waals surface area contributed by atoms with Crippen LogP contribution in [0.3, 0.4) is 0 Å². The number of rotatable bonds is 2. The molecule has 1 spiro atoms. The molecule has 0 aromatic rings. The van der Waals surface area contributed by atoms with Crippen molar-refractivity contribution in [3.05, 3.63) is 0 Å². The van der Waals surface area contributed by atoms with E-state index in [1.807, 2.05) is 0 Å². The van der Waals surface area contributed by atoms with Gasteiger partial charge in [-0.3, -0.25) is 19.8 Å². The van der Waals surface area contributed by atoms with Crippen molar-refractivity contribution < 1.29 is 14.4 Å². The number of piperidine rings is 1. The summed E-state index contributed by atoms with van der Waals surface area (Å²) >= 11 is 0. The van der Waals surface area contributed by atoms with Crippen LogP contribution < -0.4 is 5.32 Å². The van der Waals surface area contributed by atoms with Gasteiger partial charge in [0, 0.05) is 6.54 Å². The minimum Gasteiger partial charge on any atom is -0.306 e. The quantitative estimate of drug-likeness (QED) is 0.751. The number of nitrogens with one attached hydrogen (secondary N) is 1. The molecule has 2 aliphatic heterocycles. The second-order valence-corrected chi connectivity index (χ2v) is 6.36. The predicted octanol–water partition coefficient (Wildman–Crippen LogP) is 0.577. The average Bonchev–Trinajstić information content (AvgIpc) is 2.35. The van der Waals surface area contributed by atoms with Gasteiger partial charge in [0.05, 0.1) is 0 Å². The Kier molecular flexibility index (Phi) is 3.28. The lowest BCUT2D eigenvalue weighted by atomic mass is 9.66. The van der Waals surface area contributed by atoms with Crippen molar-refractivity contribution in [3.63, 3.8) is 0 Å². The summed E-state index contributed by atoms with van der Waals surface area (Å²) < 4.78 is 0. The smallest absolute Gasteiger partial charge is 0.306 e. The molecule has 20 heavy (non-hydrogen) atoms. The number of amides is 4. The third-order valence-corrected chi connectivity index (χ3v) is 5.04. The van der Waals surface area contributed by atoms with Gasteiger partial charge in [-0.15, -0.1) is 0 Å². The molecule has 0 unspecified atom stereocenters. The monoisotopic (exact) mass is 279 g/mol. The van der Waals surface area contributed by atoms with Crippen LogP contribution in [-0.2, 0) is 9.59 Å². The topological polar surface area (TPSA) is 69.7 Å². The van der Waals surface area contributed by atoms with E-state index in [-0.39, 0.29) is 5.91 Å². The Hall–Kier alpha value is -1.43. The molecule has 0 bridgehead atoms. The summed E-state index contributed by atoms with van der Waals surface area (Å²) in [6.45, 7) is 2.45. The second-order valence-electron chi connectivity index (χ2n) is 6.36. The van der Waals surface area contributed by atoms with E-state index in [1.54, 1.807) is 0 Å². The van der Waals surface area contributed by atoms with Crippen LogP contribution in [0.5, 0.6) is 0 Å². The molecule has 110 valence electrons. The van der Waals surface area contributed by atoms with Gasteiger partial charge in [-0.05, 0) is 51.7 Å². The van der Waals surface area contributed by atoms with E-state index in [4.69, 9.17) is 0 Å². The Morgan fingerprint density at radius 1 is 1.20 bits per heavy atom. The van der Waals surface area contributed by atoms with Crippen molar-refractivity contribution in [2.75, 3.05) is 26.7 Å². The van der Waals surface area contributed by atoms with Crippen LogP contribution in [0.15, 0.2) is 0 Å². The van der Waals surface area contributed by atoms with Gasteiger partial charge in [-0.25, -0.2) is 4.79 Å². The molecule has 1 saturated carbocycles. The summed E-state index contributed by atoms with van der Waals surface area (Å²) in [6.07, 6.45) is 4.03. The number of carbonyl (C=O) groups is 3. The van der Waals surface area contributed by atoms with Crippen LogP contribution in [-0.4, -0.2) is 54.3 Å². The summed E-state index contributed by atoms with van der Waals surface area (Å²) in [7, 11) is 2.08. The highest BCUT2D eigenvalue weighted by atomic mass is 16.2. The Balaban J connectivity index is 1.70. The fourth-order valence-electron chi connectivity index (χ4n) is 3.37. The Morgan fingerprint density at radius 3 is 2.40 bits per heavy atom. The summed E-state index contributed by atoms with van der Waals surface area (Å²) in [6, 6.07) is -0.531. The molecule has 1 N–H and O–H groups in total. The summed E-state index contributed by atoms with van der Waals surface area (Å²) in [5, 5.41) is 2.37. The number of hydrogen-bond acceptors (Lipinski definition) is 4. The number of imide groups is 2. The zero-order valence-electron chi connectivity index (χ0n) is 11.9. The van der Waals surface area contributed by atoms with E-state index in [9.17, 15) is 14.4 Å². The van der Waals surface area contributed by atoms with Crippen molar-refractivity contribution in [1.29, 1.82) is 0 Å². The van der Waals surface area contributed by atoms with Gasteiger partial charge in [0.15, 0.2) is 0 Å². The highest BCUT2D eigenvalue weighted by Crippen LogP contribution is 2.44. The number of hydrogen-bond donors (Lipinski definition) is 1. The van der Waals surface area contributed by atoms with Gasteiger partial charge in [0.1, 0.15) is 5.41 Å². The zero-order chi connectivity index (χ0) is 14.3. The maximum atomic E-state index is 12.5. The van der Waals surface area contributed by atoms with E-state index in [2.05, 4.69) is 17.3 Å². The Morgan fingerprint density at radius 2 is 1.85 bits per heavy atom. The van der Waals surface area contributed by atoms with Gasteiger partial charge in [0.25, 0.3) is 0 Å². The lowest BCUT2D eigenvalue weighted by Crippen LogP contribution is -2.66. The number of carbonyl (C=O) groups excluding carboxylic acids is 3. The molecule has 0 aromatic heterocycles. The maximum absolute atomic E-state index is 12.5. The van der Waals surface area contributed by atoms with E-state index in [0.717, 1.165) is 32.4 Å². The summed E-state index contributed by atoms with van der Waals surface area (Å²) in [5.41, 5.74) is -0.931. The van der Waals surface area contributed by atoms with E-state index >= 15 is 0 Å². The van der Waals surface area contributed by atoms with E-state index < -0.39 is 17.4 Å². The molecular weight excluding hydrogens is 258 g/mol. The minimum absolute atomic E-state index is 0.267. The first-order valence-electron chi connectivity index (χ1n) is 7.39. The molecular formula is C14H21N3O3. The largest absolute Gasteiger partial charge is 0.330 e. The van der Waals surface area contributed by atoms with Crippen molar-refractivity contribution in [2.24, 2.45) is 11.3 Å². The van der Waals surface area contributed by atoms with Gasteiger partial charge in [-0.2, -0.15) is 0 Å². The highest BCUT2D eigenvalue weighted by molar-refractivity contribution is 6.19. The van der Waals surface area contributed by atoms with Crippen molar-refractivity contribution in [1.82, 2.24) is 15.1 Å². The molecule has 0 aromatic carbocycles. The number of barbiturate groups is 1. The molecule has 1 aliphatic carbocycles. The van der Waals surface area contributed by atoms with Crippen LogP contribution >= 0.6 is 0 Å². The molecule has 4 amide bonds. The zero-order valence-corrected chi connectivity index (χ0v) is 11.9. The third-order valence-electron chi connectivity index (χ3n) is 5.04. The maximum Gasteiger partial charge on any atom is 0.330 e. The standard InChI is InChI=1S/C14H21N3O3/c1-16-7-3-10(4-8-16)9-17-12(19)14(5-2-6-14)11(18)15-13(17)20/h10H,2-9H2,1H3,(H,15,18,20). The first kappa shape index (κ1) is 13.5. The van der Waals surface area contributed by atoms with Gasteiger partial charge in [-0.1, -0.05) is 6.42 Å². The SMILES string of the molecule is CN1CCC(CN2C(=O)NC(=O)C3(CCC3)C2=O)CC1. The second kappa shape index (κ2) is 4.84. The lowest BCUT2D eigenvalue weighted by molar-refractivity contribution is -0.158. The van der Waals surface area contributed by atoms with Crippen LogP contribution in [0.25, 0.3) is 0 Å². The first-order chi connectivity index (χ1) is 9.53. The number of nitrogens with zero attached hydrogens (tertiary/aromatic N) is 2. The Bertz CT molecular complexity index is 451. The molecule has 0 radical (unpaired) electrons. The Labute approximate surface area is 118 Å². The van der Waals surface area contributed by atoms with Crippen molar-refractivity contribution in [3.8, 4) is 0 Å². The van der Waals surface area contributed by atoms with Crippen LogP contribution in [0.4, 0.5) is 4.79 Å². The lowest BCUT2D eigenvalue weighted by Gasteiger charge is -2.45. The number of urea groups is 1. The molecule has 3 aliphatic rings. The molecule has 6 heteroatoms. The molecule has 3 fully saturated rings. The van der Waals surface area contributed by atoms with Crippen molar-refractivity contribution in [2.45, 2.75) is 32.1 Å². The molecule has 6 nitrogen and oxygen atoms in total. The van der Waals surface area contributed by atoms with Gasteiger partial charge < -0.3 is 4.90 Å². The third kappa shape index (κ3) is 2.02. The summed E-state index contributed by atoms with van der Waals surface area (Å²) in [5.74, 6) is -0.305. The predicted molar refractivity (Wildman–Crippen MR) is 71.8 cm³/mol. The fourth-order valence-corrected chi connectivity index (χ4v) is 3.37. The normalized spacial score (nSPS) is 27.6. The molecule has 2 heterocycles. The average molecular weight is 279 g/mol. The highest BCUT2D eigenvalue weighted by Gasteiger charge is 2.57. The van der Waals surface area contributed by atoms with Gasteiger partial charge >= 0.3 is 6.03 Å². The van der Waals surface area contributed by atoms with E-state index in [0.29, 0.717) is 25.3 Å². The van der Waals surface area contributed by atoms with Gasteiger partial charge in [0.2, 0.25) is 11.8 Å².